The van der Waals surface area contributed by atoms with Crippen LogP contribution in [0.5, 0.6) is 0 Å². The molecule has 1 saturated carbocycles. The zero-order chi connectivity index (χ0) is 13.4. The molecule has 1 aliphatic rings. The van der Waals surface area contributed by atoms with Gasteiger partial charge in [-0.3, -0.25) is 9.59 Å². The topological polar surface area (TPSA) is 108 Å². The Morgan fingerprint density at radius 2 is 1.83 bits per heavy atom. The van der Waals surface area contributed by atoms with E-state index in [2.05, 4.69) is 16.0 Å². The van der Waals surface area contributed by atoms with Gasteiger partial charge in [-0.2, -0.15) is 0 Å². The van der Waals surface area contributed by atoms with E-state index in [0.29, 0.717) is 25.4 Å². The molecule has 0 atom stereocenters. The zero-order valence-electron chi connectivity index (χ0n) is 10.2. The van der Waals surface area contributed by atoms with Crippen molar-refractivity contribution in [2.45, 2.75) is 38.1 Å². The Bertz CT molecular complexity index is 315. The van der Waals surface area contributed by atoms with Crippen LogP contribution in [0.15, 0.2) is 0 Å². The molecule has 3 amide bonds. The number of amides is 3. The second-order valence-electron chi connectivity index (χ2n) is 4.30. The molecule has 0 heterocycles. The first kappa shape index (κ1) is 14.3. The first-order chi connectivity index (χ1) is 8.58. The van der Waals surface area contributed by atoms with Gasteiger partial charge in [0.15, 0.2) is 0 Å². The maximum absolute atomic E-state index is 11.2. The number of carboxylic acid groups (broad SMARTS) is 1. The molecule has 0 saturated heterocycles. The van der Waals surface area contributed by atoms with Crippen LogP contribution >= 0.6 is 0 Å². The normalized spacial score (nSPS) is 13.8. The summed E-state index contributed by atoms with van der Waals surface area (Å²) in [5.41, 5.74) is 0. The highest BCUT2D eigenvalue weighted by atomic mass is 16.4. The predicted octanol–water partition coefficient (Wildman–Crippen LogP) is -0.181. The number of hydrogen-bond acceptors (Lipinski definition) is 3. The Labute approximate surface area is 105 Å². The smallest absolute Gasteiger partial charge is 0.315 e. The molecule has 1 rings (SSSR count). The molecule has 0 aromatic heterocycles. The van der Waals surface area contributed by atoms with Gasteiger partial charge in [0.25, 0.3) is 0 Å². The average molecular weight is 257 g/mol. The third kappa shape index (κ3) is 7.48. The molecule has 0 unspecified atom stereocenters. The third-order valence-corrected chi connectivity index (χ3v) is 2.45. The van der Waals surface area contributed by atoms with Gasteiger partial charge in [0.1, 0.15) is 0 Å². The molecule has 0 radical (unpaired) electrons. The van der Waals surface area contributed by atoms with Crippen LogP contribution in [-0.2, 0) is 9.59 Å². The predicted molar refractivity (Wildman–Crippen MR) is 64.1 cm³/mol. The van der Waals surface area contributed by atoms with Crippen LogP contribution in [0.3, 0.4) is 0 Å². The van der Waals surface area contributed by atoms with Crippen molar-refractivity contribution in [3.8, 4) is 0 Å². The van der Waals surface area contributed by atoms with E-state index in [1.807, 2.05) is 0 Å². The molecule has 0 aliphatic heterocycles. The van der Waals surface area contributed by atoms with E-state index in [0.717, 1.165) is 12.8 Å². The van der Waals surface area contributed by atoms with E-state index < -0.39 is 12.0 Å². The fraction of sp³-hybridized carbons (Fsp3) is 0.727. The molecular formula is C11H19N3O4. The van der Waals surface area contributed by atoms with Gasteiger partial charge in [0, 0.05) is 19.0 Å². The summed E-state index contributed by atoms with van der Waals surface area (Å²) >= 11 is 0. The average Bonchev–Trinajstić information content (AvgIpc) is 3.09. The highest BCUT2D eigenvalue weighted by molar-refractivity contribution is 5.84. The van der Waals surface area contributed by atoms with Gasteiger partial charge in [0.2, 0.25) is 5.91 Å². The minimum absolute atomic E-state index is 0.0303. The van der Waals surface area contributed by atoms with Crippen LogP contribution in [0, 0.1) is 0 Å². The number of unbranched alkanes of at least 4 members (excludes halogenated alkanes) is 1. The Hall–Kier alpha value is -1.79. The molecule has 102 valence electrons. The van der Waals surface area contributed by atoms with Crippen LogP contribution in [0.4, 0.5) is 4.79 Å². The minimum Gasteiger partial charge on any atom is -0.481 e. The lowest BCUT2D eigenvalue weighted by Crippen LogP contribution is -2.42. The van der Waals surface area contributed by atoms with Crippen molar-refractivity contribution in [2.24, 2.45) is 0 Å². The van der Waals surface area contributed by atoms with Crippen LogP contribution in [0.1, 0.15) is 32.1 Å². The monoisotopic (exact) mass is 257 g/mol. The second-order valence-corrected chi connectivity index (χ2v) is 4.30. The number of carbonyl (C=O) groups excluding carboxylic acids is 2. The van der Waals surface area contributed by atoms with Crippen molar-refractivity contribution >= 4 is 17.9 Å². The van der Waals surface area contributed by atoms with Gasteiger partial charge in [-0.25, -0.2) is 4.79 Å². The van der Waals surface area contributed by atoms with Crippen LogP contribution < -0.4 is 16.0 Å². The maximum atomic E-state index is 11.2. The molecule has 7 heteroatoms. The lowest BCUT2D eigenvalue weighted by atomic mass is 10.2. The van der Waals surface area contributed by atoms with Gasteiger partial charge in [-0.05, 0) is 25.7 Å². The Morgan fingerprint density at radius 1 is 1.11 bits per heavy atom. The van der Waals surface area contributed by atoms with Gasteiger partial charge < -0.3 is 21.1 Å². The summed E-state index contributed by atoms with van der Waals surface area (Å²) < 4.78 is 0. The van der Waals surface area contributed by atoms with Crippen molar-refractivity contribution in [3.63, 3.8) is 0 Å². The number of hydrogen-bond donors (Lipinski definition) is 4. The number of carboxylic acids is 1. The number of carbonyl (C=O) groups is 3. The third-order valence-electron chi connectivity index (χ3n) is 2.45. The summed E-state index contributed by atoms with van der Waals surface area (Å²) in [6.45, 7) is 0.376. The van der Waals surface area contributed by atoms with Crippen molar-refractivity contribution in [1.29, 1.82) is 0 Å². The van der Waals surface area contributed by atoms with Crippen LogP contribution in [-0.4, -0.2) is 42.1 Å². The second kappa shape index (κ2) is 7.52. The fourth-order valence-corrected chi connectivity index (χ4v) is 1.33. The lowest BCUT2D eigenvalue weighted by Gasteiger charge is -2.07. The van der Waals surface area contributed by atoms with E-state index >= 15 is 0 Å². The summed E-state index contributed by atoms with van der Waals surface area (Å²) in [5, 5.41) is 16.1. The van der Waals surface area contributed by atoms with Crippen molar-refractivity contribution in [2.75, 3.05) is 13.1 Å². The standard InChI is InChI=1S/C11H19N3O4/c15-9(14-8-4-5-8)7-13-11(18)12-6-2-1-3-10(16)17/h8H,1-7H2,(H,14,15)(H,16,17)(H2,12,13,18). The van der Waals surface area contributed by atoms with Gasteiger partial charge in [0.05, 0.1) is 6.54 Å². The molecule has 1 fully saturated rings. The largest absolute Gasteiger partial charge is 0.481 e. The maximum Gasteiger partial charge on any atom is 0.315 e. The summed E-state index contributed by atoms with van der Waals surface area (Å²) in [5.74, 6) is -1.02. The quantitative estimate of drug-likeness (QED) is 0.452. The Kier molecular flexibility index (Phi) is 5.96. The van der Waals surface area contributed by atoms with Crippen LogP contribution in [0.2, 0.25) is 0 Å². The molecule has 0 aromatic carbocycles. The molecule has 0 spiro atoms. The summed E-state index contributed by atoms with van der Waals surface area (Å²) in [7, 11) is 0. The van der Waals surface area contributed by atoms with Crippen molar-refractivity contribution in [1.82, 2.24) is 16.0 Å². The highest BCUT2D eigenvalue weighted by Crippen LogP contribution is 2.18. The summed E-state index contributed by atoms with van der Waals surface area (Å²) in [4.78, 5) is 32.7. The lowest BCUT2D eigenvalue weighted by molar-refractivity contribution is -0.137. The van der Waals surface area contributed by atoms with Gasteiger partial charge in [-0.1, -0.05) is 0 Å². The minimum atomic E-state index is -0.837. The van der Waals surface area contributed by atoms with Crippen molar-refractivity contribution < 1.29 is 19.5 Å². The van der Waals surface area contributed by atoms with E-state index in [4.69, 9.17) is 5.11 Å². The first-order valence-corrected chi connectivity index (χ1v) is 6.11. The number of urea groups is 1. The highest BCUT2D eigenvalue weighted by Gasteiger charge is 2.22. The van der Waals surface area contributed by atoms with E-state index in [9.17, 15) is 14.4 Å². The van der Waals surface area contributed by atoms with E-state index in [-0.39, 0.29) is 18.9 Å². The molecule has 18 heavy (non-hydrogen) atoms. The van der Waals surface area contributed by atoms with Gasteiger partial charge in [-0.15, -0.1) is 0 Å². The molecule has 4 N–H and O–H groups in total. The van der Waals surface area contributed by atoms with E-state index in [1.165, 1.54) is 0 Å². The SMILES string of the molecule is O=C(O)CCCCNC(=O)NCC(=O)NC1CC1. The first-order valence-electron chi connectivity index (χ1n) is 6.11. The molecule has 7 nitrogen and oxygen atoms in total. The van der Waals surface area contributed by atoms with Gasteiger partial charge >= 0.3 is 12.0 Å². The molecule has 0 bridgehead atoms. The molecule has 0 aromatic rings. The number of aliphatic carboxylic acids is 1. The van der Waals surface area contributed by atoms with E-state index in [1.54, 1.807) is 0 Å². The molecular weight excluding hydrogens is 238 g/mol. The molecule has 1 aliphatic carbocycles. The zero-order valence-corrected chi connectivity index (χ0v) is 10.2. The summed E-state index contributed by atoms with van der Waals surface area (Å²) in [6.07, 6.45) is 3.27. The fourth-order valence-electron chi connectivity index (χ4n) is 1.33. The number of rotatable bonds is 8. The summed E-state index contributed by atoms with van der Waals surface area (Å²) in [6, 6.07) is -0.116. The van der Waals surface area contributed by atoms with Crippen molar-refractivity contribution in [3.05, 3.63) is 0 Å². The Morgan fingerprint density at radius 3 is 2.44 bits per heavy atom. The number of nitrogens with one attached hydrogen (secondary N) is 3. The Balaban J connectivity index is 1.92. The van der Waals surface area contributed by atoms with Crippen LogP contribution in [0.25, 0.3) is 0 Å².